The quantitative estimate of drug-likeness (QED) is 0.495. The van der Waals surface area contributed by atoms with Crippen molar-refractivity contribution < 1.29 is 14.3 Å². The number of aryl methyl sites for hydroxylation is 1. The van der Waals surface area contributed by atoms with Gasteiger partial charge in [-0.2, -0.15) is 0 Å². The highest BCUT2D eigenvalue weighted by Gasteiger charge is 2.16. The van der Waals surface area contributed by atoms with E-state index < -0.39 is 0 Å². The maximum absolute atomic E-state index is 12.2. The van der Waals surface area contributed by atoms with Crippen LogP contribution in [0.4, 0.5) is 5.69 Å². The number of thioether (sulfide) groups is 1. The van der Waals surface area contributed by atoms with Gasteiger partial charge in [-0.15, -0.1) is 11.8 Å². The smallest absolute Gasteiger partial charge is 0.233 e. The molecule has 0 aliphatic carbocycles. The Morgan fingerprint density at radius 3 is 2.81 bits per heavy atom. The number of carbonyl (C=O) groups excluding carboxylic acids is 2. The molecule has 2 aromatic rings. The number of amides is 2. The monoisotopic (exact) mass is 448 g/mol. The summed E-state index contributed by atoms with van der Waals surface area (Å²) in [6, 6.07) is 13.5. The zero-order valence-corrected chi connectivity index (χ0v) is 17.4. The molecule has 0 fully saturated rings. The van der Waals surface area contributed by atoms with E-state index >= 15 is 0 Å². The third-order valence-corrected chi connectivity index (χ3v) is 5.78. The molecule has 0 saturated heterocycles. The minimum Gasteiger partial charge on any atom is -0.492 e. The fourth-order valence-corrected chi connectivity index (χ4v) is 3.86. The minimum absolute atomic E-state index is 0.0142. The number of hydrogen-bond donors (Lipinski definition) is 2. The van der Waals surface area contributed by atoms with E-state index in [1.165, 1.54) is 11.8 Å². The maximum Gasteiger partial charge on any atom is 0.233 e. The SMILES string of the molecule is CC(Sc1ccc(Br)cc1)C(=O)NCCOc1ccc2c(c1)CCC(=O)N2. The van der Waals surface area contributed by atoms with Gasteiger partial charge in [0.1, 0.15) is 12.4 Å². The summed E-state index contributed by atoms with van der Waals surface area (Å²) in [5, 5.41) is 5.57. The van der Waals surface area contributed by atoms with E-state index in [4.69, 9.17) is 4.74 Å². The maximum atomic E-state index is 12.2. The molecule has 0 aromatic heterocycles. The van der Waals surface area contributed by atoms with Gasteiger partial charge in [0, 0.05) is 21.5 Å². The van der Waals surface area contributed by atoms with E-state index in [1.807, 2.05) is 49.4 Å². The van der Waals surface area contributed by atoms with Crippen LogP contribution in [0.25, 0.3) is 0 Å². The Labute approximate surface area is 171 Å². The van der Waals surface area contributed by atoms with Crippen LogP contribution in [0.1, 0.15) is 18.9 Å². The number of carbonyl (C=O) groups is 2. The summed E-state index contributed by atoms with van der Waals surface area (Å²) in [6.07, 6.45) is 1.22. The van der Waals surface area contributed by atoms with Gasteiger partial charge in [-0.05, 0) is 61.4 Å². The molecule has 2 aromatic carbocycles. The first-order valence-corrected chi connectivity index (χ1v) is 10.4. The van der Waals surface area contributed by atoms with Gasteiger partial charge in [-0.3, -0.25) is 9.59 Å². The first kappa shape index (κ1) is 19.8. The molecule has 0 saturated carbocycles. The van der Waals surface area contributed by atoms with Crippen LogP contribution in [-0.2, 0) is 16.0 Å². The molecule has 142 valence electrons. The number of rotatable bonds is 7. The van der Waals surface area contributed by atoms with Crippen LogP contribution in [0, 0.1) is 0 Å². The normalized spacial score (nSPS) is 14.1. The van der Waals surface area contributed by atoms with Crippen molar-refractivity contribution in [3.63, 3.8) is 0 Å². The van der Waals surface area contributed by atoms with Gasteiger partial charge in [0.15, 0.2) is 0 Å². The van der Waals surface area contributed by atoms with Crippen LogP contribution in [0.5, 0.6) is 5.75 Å². The first-order chi connectivity index (χ1) is 13.0. The Morgan fingerprint density at radius 2 is 2.04 bits per heavy atom. The molecule has 0 spiro atoms. The third-order valence-electron chi connectivity index (χ3n) is 4.14. The molecular formula is C20H21BrN2O3S. The average Bonchev–Trinajstić information content (AvgIpc) is 2.66. The third kappa shape index (κ3) is 5.74. The number of anilines is 1. The Kier molecular flexibility index (Phi) is 6.79. The van der Waals surface area contributed by atoms with Crippen LogP contribution in [-0.4, -0.2) is 30.2 Å². The summed E-state index contributed by atoms with van der Waals surface area (Å²) in [5.41, 5.74) is 1.93. The lowest BCUT2D eigenvalue weighted by Gasteiger charge is -2.18. The Hall–Kier alpha value is -1.99. The van der Waals surface area contributed by atoms with E-state index in [0.717, 1.165) is 32.8 Å². The van der Waals surface area contributed by atoms with Crippen LogP contribution in [0.15, 0.2) is 51.8 Å². The molecule has 0 bridgehead atoms. The van der Waals surface area contributed by atoms with Gasteiger partial charge in [0.05, 0.1) is 11.8 Å². The number of benzene rings is 2. The average molecular weight is 449 g/mol. The molecule has 27 heavy (non-hydrogen) atoms. The molecule has 1 aliphatic rings. The second kappa shape index (κ2) is 9.28. The highest BCUT2D eigenvalue weighted by molar-refractivity contribution is 9.10. The lowest BCUT2D eigenvalue weighted by Crippen LogP contribution is -2.33. The number of hydrogen-bond acceptors (Lipinski definition) is 4. The molecule has 5 nitrogen and oxygen atoms in total. The Bertz CT molecular complexity index is 826. The molecule has 1 aliphatic heterocycles. The van der Waals surface area contributed by atoms with Crippen molar-refractivity contribution in [2.45, 2.75) is 29.9 Å². The van der Waals surface area contributed by atoms with Crippen molar-refractivity contribution in [3.05, 3.63) is 52.5 Å². The summed E-state index contributed by atoms with van der Waals surface area (Å²) in [6.45, 7) is 2.73. The van der Waals surface area contributed by atoms with Gasteiger partial charge < -0.3 is 15.4 Å². The second-order valence-corrected chi connectivity index (χ2v) is 8.55. The molecule has 3 rings (SSSR count). The summed E-state index contributed by atoms with van der Waals surface area (Å²) >= 11 is 4.93. The van der Waals surface area contributed by atoms with Crippen LogP contribution in [0.2, 0.25) is 0 Å². The zero-order chi connectivity index (χ0) is 19.2. The van der Waals surface area contributed by atoms with Crippen molar-refractivity contribution in [1.82, 2.24) is 5.32 Å². The van der Waals surface area contributed by atoms with Gasteiger partial charge in [0.25, 0.3) is 0 Å². The fourth-order valence-electron chi connectivity index (χ4n) is 2.71. The summed E-state index contributed by atoms with van der Waals surface area (Å²) in [4.78, 5) is 24.6. The fraction of sp³-hybridized carbons (Fsp3) is 0.300. The largest absolute Gasteiger partial charge is 0.492 e. The second-order valence-electron chi connectivity index (χ2n) is 6.22. The van der Waals surface area contributed by atoms with Crippen LogP contribution in [0.3, 0.4) is 0 Å². The topological polar surface area (TPSA) is 67.4 Å². The number of halogens is 1. The van der Waals surface area contributed by atoms with E-state index in [1.54, 1.807) is 0 Å². The van der Waals surface area contributed by atoms with Crippen molar-refractivity contribution in [3.8, 4) is 5.75 Å². The van der Waals surface area contributed by atoms with Gasteiger partial charge in [-0.25, -0.2) is 0 Å². The van der Waals surface area contributed by atoms with Gasteiger partial charge >= 0.3 is 0 Å². The van der Waals surface area contributed by atoms with Gasteiger partial charge in [-0.1, -0.05) is 15.9 Å². The molecule has 2 N–H and O–H groups in total. The van der Waals surface area contributed by atoms with Crippen molar-refractivity contribution in [2.24, 2.45) is 0 Å². The lowest BCUT2D eigenvalue weighted by molar-refractivity contribution is -0.120. The van der Waals surface area contributed by atoms with Crippen molar-refractivity contribution in [2.75, 3.05) is 18.5 Å². The molecule has 1 heterocycles. The lowest BCUT2D eigenvalue weighted by atomic mass is 10.0. The molecule has 0 radical (unpaired) electrons. The van der Waals surface area contributed by atoms with E-state index in [0.29, 0.717) is 19.6 Å². The predicted molar refractivity (Wildman–Crippen MR) is 111 cm³/mol. The minimum atomic E-state index is -0.182. The van der Waals surface area contributed by atoms with E-state index in [-0.39, 0.29) is 17.1 Å². The molecule has 1 unspecified atom stereocenters. The first-order valence-electron chi connectivity index (χ1n) is 8.77. The standard InChI is InChI=1S/C20H21BrN2O3S/c1-13(27-17-6-3-15(21)4-7-17)20(25)22-10-11-26-16-5-8-18-14(12-16)2-9-19(24)23-18/h3-8,12-13H,2,9-11H2,1H3,(H,22,25)(H,23,24). The van der Waals surface area contributed by atoms with E-state index in [2.05, 4.69) is 26.6 Å². The molecule has 2 amide bonds. The number of fused-ring (bicyclic) bond motifs is 1. The predicted octanol–water partition coefficient (Wildman–Crippen LogP) is 4.01. The number of nitrogens with one attached hydrogen (secondary N) is 2. The van der Waals surface area contributed by atoms with Crippen molar-refractivity contribution >= 4 is 45.2 Å². The summed E-state index contributed by atoms with van der Waals surface area (Å²) < 4.78 is 6.74. The Balaban J connectivity index is 1.41. The van der Waals surface area contributed by atoms with Crippen molar-refractivity contribution in [1.29, 1.82) is 0 Å². The Morgan fingerprint density at radius 1 is 1.26 bits per heavy atom. The summed E-state index contributed by atoms with van der Waals surface area (Å²) in [7, 11) is 0. The van der Waals surface area contributed by atoms with Crippen LogP contribution < -0.4 is 15.4 Å². The summed E-state index contributed by atoms with van der Waals surface area (Å²) in [5.74, 6) is 0.783. The van der Waals surface area contributed by atoms with E-state index in [9.17, 15) is 9.59 Å². The van der Waals surface area contributed by atoms with Gasteiger partial charge in [0.2, 0.25) is 11.8 Å². The molecular weight excluding hydrogens is 428 g/mol. The zero-order valence-electron chi connectivity index (χ0n) is 15.0. The number of ether oxygens (including phenoxy) is 1. The highest BCUT2D eigenvalue weighted by atomic mass is 79.9. The molecule has 7 heteroatoms. The van der Waals surface area contributed by atoms with Crippen LogP contribution >= 0.6 is 27.7 Å². The highest BCUT2D eigenvalue weighted by Crippen LogP contribution is 2.27. The molecule has 1 atom stereocenters.